The number of unbranched alkanes of at least 4 members (excludes halogenated alkanes) is 5. The van der Waals surface area contributed by atoms with E-state index in [-0.39, 0.29) is 11.2 Å². The number of thiol groups is 1. The van der Waals surface area contributed by atoms with E-state index in [1.165, 1.54) is 25.7 Å². The smallest absolute Gasteiger partial charge is 0.300 e. The summed E-state index contributed by atoms with van der Waals surface area (Å²) < 4.78 is 1.59. The van der Waals surface area contributed by atoms with Crippen molar-refractivity contribution >= 4 is 12.6 Å². The molecular formula is C13H22N2O2S. The van der Waals surface area contributed by atoms with Gasteiger partial charge in [-0.1, -0.05) is 25.7 Å². The fraction of sp³-hybridized carbons (Fsp3) is 0.692. The van der Waals surface area contributed by atoms with Gasteiger partial charge in [0, 0.05) is 18.3 Å². The molecule has 0 spiro atoms. The van der Waals surface area contributed by atoms with Crippen LogP contribution in [-0.2, 0) is 6.54 Å². The molecule has 4 nitrogen and oxygen atoms in total. The van der Waals surface area contributed by atoms with Gasteiger partial charge in [-0.2, -0.15) is 12.6 Å². The molecular weight excluding hydrogens is 248 g/mol. The highest BCUT2D eigenvalue weighted by Gasteiger charge is 2.00. The van der Waals surface area contributed by atoms with Crippen molar-refractivity contribution in [2.45, 2.75) is 52.0 Å². The molecule has 0 amide bonds. The van der Waals surface area contributed by atoms with Gasteiger partial charge in [0.05, 0.1) is 0 Å². The Morgan fingerprint density at radius 3 is 2.39 bits per heavy atom. The van der Waals surface area contributed by atoms with E-state index in [0.29, 0.717) is 12.1 Å². The van der Waals surface area contributed by atoms with Gasteiger partial charge in [-0.15, -0.1) is 0 Å². The van der Waals surface area contributed by atoms with E-state index < -0.39 is 0 Å². The first kappa shape index (κ1) is 15.1. The van der Waals surface area contributed by atoms with E-state index in [9.17, 15) is 9.59 Å². The second kappa shape index (κ2) is 8.19. The normalized spacial score (nSPS) is 10.8. The van der Waals surface area contributed by atoms with Crippen molar-refractivity contribution in [3.05, 3.63) is 32.6 Å². The molecule has 18 heavy (non-hydrogen) atoms. The van der Waals surface area contributed by atoms with Crippen LogP contribution in [0.2, 0.25) is 0 Å². The first-order valence-corrected chi connectivity index (χ1v) is 7.19. The minimum absolute atomic E-state index is 0.289. The van der Waals surface area contributed by atoms with E-state index in [2.05, 4.69) is 17.6 Å². The maximum Gasteiger partial charge on any atom is 0.328 e. The van der Waals surface area contributed by atoms with Crippen molar-refractivity contribution in [2.75, 3.05) is 5.75 Å². The third-order valence-corrected chi connectivity index (χ3v) is 3.31. The van der Waals surface area contributed by atoms with Gasteiger partial charge in [-0.25, -0.2) is 4.79 Å². The molecule has 102 valence electrons. The number of rotatable bonds is 8. The monoisotopic (exact) mass is 270 g/mol. The first-order valence-electron chi connectivity index (χ1n) is 6.56. The third-order valence-electron chi connectivity index (χ3n) is 3.00. The lowest BCUT2D eigenvalue weighted by atomic mass is 10.1. The van der Waals surface area contributed by atoms with Gasteiger partial charge in [0.1, 0.15) is 0 Å². The maximum atomic E-state index is 11.5. The Labute approximate surface area is 113 Å². The van der Waals surface area contributed by atoms with Crippen molar-refractivity contribution in [3.8, 4) is 0 Å². The minimum Gasteiger partial charge on any atom is -0.300 e. The number of H-pyrrole nitrogens is 1. The Bertz CT molecular complexity index is 465. The highest BCUT2D eigenvalue weighted by Crippen LogP contribution is 2.06. The first-order chi connectivity index (χ1) is 8.65. The summed E-state index contributed by atoms with van der Waals surface area (Å²) >= 11 is 4.17. The summed E-state index contributed by atoms with van der Waals surface area (Å²) in [6.07, 6.45) is 8.60. The van der Waals surface area contributed by atoms with E-state index >= 15 is 0 Å². The van der Waals surface area contributed by atoms with Crippen LogP contribution in [0.5, 0.6) is 0 Å². The quantitative estimate of drug-likeness (QED) is 0.561. The molecule has 0 saturated heterocycles. The zero-order valence-electron chi connectivity index (χ0n) is 10.9. The molecule has 1 rings (SSSR count). The van der Waals surface area contributed by atoms with Crippen LogP contribution >= 0.6 is 12.6 Å². The largest absolute Gasteiger partial charge is 0.328 e. The van der Waals surface area contributed by atoms with Crippen molar-refractivity contribution < 1.29 is 0 Å². The molecule has 5 heteroatoms. The predicted octanol–water partition coefficient (Wildman–Crippen LogP) is 2.12. The lowest BCUT2D eigenvalue weighted by Crippen LogP contribution is -2.30. The number of nitrogens with one attached hydrogen (secondary N) is 1. The minimum atomic E-state index is -0.305. The second-order valence-corrected chi connectivity index (χ2v) is 5.06. The van der Waals surface area contributed by atoms with Gasteiger partial charge in [-0.05, 0) is 25.5 Å². The molecule has 1 N–H and O–H groups in total. The van der Waals surface area contributed by atoms with Crippen LogP contribution < -0.4 is 11.2 Å². The van der Waals surface area contributed by atoms with Crippen molar-refractivity contribution in [1.29, 1.82) is 0 Å². The SMILES string of the molecule is Cc1cn(CCCCCCCCS)c(=O)[nH]c1=O. The highest BCUT2D eigenvalue weighted by atomic mass is 32.1. The Morgan fingerprint density at radius 1 is 1.11 bits per heavy atom. The molecule has 1 aromatic heterocycles. The molecule has 0 aliphatic rings. The van der Waals surface area contributed by atoms with Crippen molar-refractivity contribution in [3.63, 3.8) is 0 Å². The topological polar surface area (TPSA) is 54.9 Å². The van der Waals surface area contributed by atoms with Crippen molar-refractivity contribution in [1.82, 2.24) is 9.55 Å². The molecule has 0 saturated carbocycles. The molecule has 0 fully saturated rings. The fourth-order valence-corrected chi connectivity index (χ4v) is 2.11. The number of hydrogen-bond donors (Lipinski definition) is 2. The van der Waals surface area contributed by atoms with E-state index in [0.717, 1.165) is 18.6 Å². The van der Waals surface area contributed by atoms with Crippen molar-refractivity contribution in [2.24, 2.45) is 0 Å². The Hall–Kier alpha value is -0.970. The molecule has 0 radical (unpaired) electrons. The fourth-order valence-electron chi connectivity index (χ4n) is 1.89. The third kappa shape index (κ3) is 5.12. The molecule has 0 aromatic carbocycles. The van der Waals surface area contributed by atoms with Gasteiger partial charge in [0.2, 0.25) is 0 Å². The maximum absolute atomic E-state index is 11.5. The predicted molar refractivity (Wildman–Crippen MR) is 77.6 cm³/mol. The van der Waals surface area contributed by atoms with Crippen LogP contribution in [-0.4, -0.2) is 15.3 Å². The molecule has 0 atom stereocenters. The Kier molecular flexibility index (Phi) is 6.86. The zero-order valence-corrected chi connectivity index (χ0v) is 11.8. The number of nitrogens with zero attached hydrogens (tertiary/aromatic N) is 1. The average Bonchev–Trinajstić information content (AvgIpc) is 2.34. The summed E-state index contributed by atoms with van der Waals surface area (Å²) in [5, 5.41) is 0. The molecule has 0 aliphatic heterocycles. The van der Waals surface area contributed by atoms with Gasteiger partial charge >= 0.3 is 5.69 Å². The second-order valence-electron chi connectivity index (χ2n) is 4.61. The van der Waals surface area contributed by atoms with Gasteiger partial charge in [-0.3, -0.25) is 9.78 Å². The summed E-state index contributed by atoms with van der Waals surface area (Å²) in [6.45, 7) is 2.40. The summed E-state index contributed by atoms with van der Waals surface area (Å²) in [7, 11) is 0. The van der Waals surface area contributed by atoms with Crippen LogP contribution in [0.25, 0.3) is 0 Å². The standard InChI is InChI=1S/C13H22N2O2S/c1-11-10-15(13(17)14-12(11)16)8-6-4-2-3-5-7-9-18/h10,18H,2-9H2,1H3,(H,14,16,17). The highest BCUT2D eigenvalue weighted by molar-refractivity contribution is 7.80. The van der Waals surface area contributed by atoms with Crippen LogP contribution in [0, 0.1) is 6.92 Å². The lowest BCUT2D eigenvalue weighted by molar-refractivity contribution is 0.541. The summed E-state index contributed by atoms with van der Waals surface area (Å²) in [6, 6.07) is 0. The van der Waals surface area contributed by atoms with Gasteiger partial charge < -0.3 is 4.57 Å². The van der Waals surface area contributed by atoms with E-state index in [1.807, 2.05) is 0 Å². The lowest BCUT2D eigenvalue weighted by Gasteiger charge is -2.05. The van der Waals surface area contributed by atoms with Crippen LogP contribution in [0.3, 0.4) is 0 Å². The summed E-state index contributed by atoms with van der Waals surface area (Å²) in [5.41, 5.74) is -0.00735. The van der Waals surface area contributed by atoms with Gasteiger partial charge in [0.15, 0.2) is 0 Å². The van der Waals surface area contributed by atoms with E-state index in [1.54, 1.807) is 17.7 Å². The molecule has 1 heterocycles. The zero-order chi connectivity index (χ0) is 13.4. The molecule has 0 unspecified atom stereocenters. The average molecular weight is 270 g/mol. The molecule has 0 aliphatic carbocycles. The molecule has 0 bridgehead atoms. The number of hydrogen-bond acceptors (Lipinski definition) is 3. The van der Waals surface area contributed by atoms with Crippen LogP contribution in [0.4, 0.5) is 0 Å². The van der Waals surface area contributed by atoms with Crippen LogP contribution in [0.15, 0.2) is 15.8 Å². The Morgan fingerprint density at radius 2 is 1.72 bits per heavy atom. The van der Waals surface area contributed by atoms with Gasteiger partial charge in [0.25, 0.3) is 5.56 Å². The summed E-state index contributed by atoms with van der Waals surface area (Å²) in [4.78, 5) is 25.0. The number of aryl methyl sites for hydroxylation is 2. The summed E-state index contributed by atoms with van der Waals surface area (Å²) in [5.74, 6) is 0.964. The number of aromatic nitrogens is 2. The van der Waals surface area contributed by atoms with Crippen LogP contribution in [0.1, 0.15) is 44.1 Å². The molecule has 1 aromatic rings. The number of aromatic amines is 1. The Balaban J connectivity index is 2.30. The van der Waals surface area contributed by atoms with E-state index in [4.69, 9.17) is 0 Å².